The van der Waals surface area contributed by atoms with Gasteiger partial charge in [-0.15, -0.1) is 0 Å². The van der Waals surface area contributed by atoms with Crippen molar-refractivity contribution in [2.24, 2.45) is 5.92 Å². The van der Waals surface area contributed by atoms with Crippen molar-refractivity contribution in [3.8, 4) is 5.75 Å². The summed E-state index contributed by atoms with van der Waals surface area (Å²) < 4.78 is 6.98. The number of hydrogen-bond acceptors (Lipinski definition) is 5. The van der Waals surface area contributed by atoms with Gasteiger partial charge in [-0.05, 0) is 29.9 Å². The molecule has 3 heterocycles. The summed E-state index contributed by atoms with van der Waals surface area (Å²) in [4.78, 5) is 39.9. The molecule has 8 heteroatoms. The molecule has 5 rings (SSSR count). The second kappa shape index (κ2) is 9.99. The number of benzene rings is 2. The van der Waals surface area contributed by atoms with Gasteiger partial charge in [-0.25, -0.2) is 4.79 Å². The molecule has 1 amide bonds. The number of ether oxygens (including phenoxy) is 1. The molecular formula is C28H28N2O6. The number of fused-ring (bicyclic) bond motifs is 1. The van der Waals surface area contributed by atoms with Crippen molar-refractivity contribution in [3.63, 3.8) is 0 Å². The first-order chi connectivity index (χ1) is 17.5. The molecule has 36 heavy (non-hydrogen) atoms. The van der Waals surface area contributed by atoms with E-state index >= 15 is 0 Å². The SMILES string of the molecule is O=C(O)c1cn2c(c(O)c1=O)C(=O)N(CC1CCOCC1)CC2C(c1ccccc1)c1ccccc1. The number of pyridine rings is 1. The molecule has 186 valence electrons. The average Bonchev–Trinajstić information content (AvgIpc) is 2.90. The molecule has 8 nitrogen and oxygen atoms in total. The third kappa shape index (κ3) is 4.40. The van der Waals surface area contributed by atoms with Crippen molar-refractivity contribution in [1.82, 2.24) is 9.47 Å². The quantitative estimate of drug-likeness (QED) is 0.550. The van der Waals surface area contributed by atoms with Crippen LogP contribution in [0.25, 0.3) is 0 Å². The van der Waals surface area contributed by atoms with Crippen LogP contribution < -0.4 is 5.43 Å². The fourth-order valence-electron chi connectivity index (χ4n) is 5.41. The average molecular weight is 489 g/mol. The van der Waals surface area contributed by atoms with Crippen molar-refractivity contribution in [2.75, 3.05) is 26.3 Å². The molecule has 1 unspecified atom stereocenters. The van der Waals surface area contributed by atoms with Crippen LogP contribution in [0, 0.1) is 5.92 Å². The Morgan fingerprint density at radius 2 is 1.56 bits per heavy atom. The van der Waals surface area contributed by atoms with Gasteiger partial charge >= 0.3 is 5.97 Å². The zero-order valence-corrected chi connectivity index (χ0v) is 19.7. The van der Waals surface area contributed by atoms with Crippen LogP contribution in [-0.2, 0) is 4.74 Å². The lowest BCUT2D eigenvalue weighted by atomic mass is 9.83. The molecule has 1 fully saturated rings. The van der Waals surface area contributed by atoms with Gasteiger partial charge in [0.2, 0.25) is 5.43 Å². The second-order valence-corrected chi connectivity index (χ2v) is 9.41. The van der Waals surface area contributed by atoms with E-state index in [1.165, 1.54) is 10.8 Å². The zero-order chi connectivity index (χ0) is 25.2. The molecule has 0 radical (unpaired) electrons. The largest absolute Gasteiger partial charge is 0.503 e. The van der Waals surface area contributed by atoms with Gasteiger partial charge in [0.25, 0.3) is 5.91 Å². The third-order valence-electron chi connectivity index (χ3n) is 7.22. The van der Waals surface area contributed by atoms with E-state index in [4.69, 9.17) is 4.74 Å². The predicted octanol–water partition coefficient (Wildman–Crippen LogP) is 3.51. The van der Waals surface area contributed by atoms with E-state index < -0.39 is 34.7 Å². The van der Waals surface area contributed by atoms with E-state index in [-0.39, 0.29) is 17.5 Å². The lowest BCUT2D eigenvalue weighted by Gasteiger charge is -2.42. The number of nitrogens with zero attached hydrogens (tertiary/aromatic N) is 2. The number of carboxylic acids is 1. The highest BCUT2D eigenvalue weighted by molar-refractivity contribution is 5.97. The molecule has 1 atom stereocenters. The molecular weight excluding hydrogens is 460 g/mol. The van der Waals surface area contributed by atoms with Crippen LogP contribution in [0.15, 0.2) is 71.7 Å². The number of carbonyl (C=O) groups is 2. The van der Waals surface area contributed by atoms with Crippen LogP contribution in [0.1, 0.15) is 56.8 Å². The van der Waals surface area contributed by atoms with Gasteiger partial charge in [-0.2, -0.15) is 0 Å². The van der Waals surface area contributed by atoms with Crippen molar-refractivity contribution < 1.29 is 24.5 Å². The fraction of sp³-hybridized carbons (Fsp3) is 0.321. The van der Waals surface area contributed by atoms with E-state index in [9.17, 15) is 24.6 Å². The first-order valence-electron chi connectivity index (χ1n) is 12.1. The minimum atomic E-state index is -1.45. The predicted molar refractivity (Wildman–Crippen MR) is 133 cm³/mol. The summed E-state index contributed by atoms with van der Waals surface area (Å²) in [5.41, 5.74) is 0.187. The first-order valence-corrected chi connectivity index (χ1v) is 12.1. The highest BCUT2D eigenvalue weighted by Gasteiger charge is 2.40. The molecule has 0 saturated carbocycles. The Balaban J connectivity index is 1.69. The van der Waals surface area contributed by atoms with Gasteiger partial charge in [-0.3, -0.25) is 9.59 Å². The molecule has 1 aromatic heterocycles. The van der Waals surface area contributed by atoms with Gasteiger partial charge in [0, 0.05) is 38.4 Å². The van der Waals surface area contributed by atoms with Gasteiger partial charge in [0.1, 0.15) is 5.56 Å². The molecule has 2 aliphatic heterocycles. The Labute approximate surface area is 208 Å². The van der Waals surface area contributed by atoms with Crippen LogP contribution in [0.4, 0.5) is 0 Å². The Bertz CT molecular complexity index is 1280. The highest BCUT2D eigenvalue weighted by Crippen LogP contribution is 2.40. The summed E-state index contributed by atoms with van der Waals surface area (Å²) in [6, 6.07) is 19.1. The summed E-state index contributed by atoms with van der Waals surface area (Å²) in [6.45, 7) is 2.05. The van der Waals surface area contributed by atoms with Crippen LogP contribution in [0.3, 0.4) is 0 Å². The Morgan fingerprint density at radius 3 is 2.11 bits per heavy atom. The van der Waals surface area contributed by atoms with Crippen LogP contribution in [0.5, 0.6) is 5.75 Å². The van der Waals surface area contributed by atoms with Crippen molar-refractivity contribution in [1.29, 1.82) is 0 Å². The van der Waals surface area contributed by atoms with E-state index in [2.05, 4.69) is 0 Å². The summed E-state index contributed by atoms with van der Waals surface area (Å²) in [5, 5.41) is 20.5. The lowest BCUT2D eigenvalue weighted by Crippen LogP contribution is -2.48. The van der Waals surface area contributed by atoms with Crippen LogP contribution in [0.2, 0.25) is 0 Å². The topological polar surface area (TPSA) is 109 Å². The van der Waals surface area contributed by atoms with Crippen LogP contribution in [-0.4, -0.2) is 57.9 Å². The number of aromatic nitrogens is 1. The number of rotatable bonds is 6. The number of carbonyl (C=O) groups excluding carboxylic acids is 1. The molecule has 1 saturated heterocycles. The van der Waals surface area contributed by atoms with Gasteiger partial charge < -0.3 is 24.4 Å². The number of hydrogen-bond donors (Lipinski definition) is 2. The molecule has 0 spiro atoms. The minimum Gasteiger partial charge on any atom is -0.503 e. The monoisotopic (exact) mass is 488 g/mol. The number of aromatic hydroxyl groups is 1. The number of carboxylic acid groups (broad SMARTS) is 1. The number of amides is 1. The van der Waals surface area contributed by atoms with Crippen molar-refractivity contribution in [2.45, 2.75) is 24.8 Å². The van der Waals surface area contributed by atoms with Gasteiger partial charge in [0.15, 0.2) is 11.4 Å². The highest BCUT2D eigenvalue weighted by atomic mass is 16.5. The Hall–Kier alpha value is -3.91. The van der Waals surface area contributed by atoms with E-state index in [0.717, 1.165) is 24.0 Å². The summed E-state index contributed by atoms with van der Waals surface area (Å²) in [6.07, 6.45) is 2.87. The smallest absolute Gasteiger partial charge is 0.341 e. The maximum Gasteiger partial charge on any atom is 0.341 e. The fourth-order valence-corrected chi connectivity index (χ4v) is 5.41. The molecule has 3 aromatic rings. The molecule has 0 bridgehead atoms. The van der Waals surface area contributed by atoms with E-state index in [1.54, 1.807) is 4.90 Å². The first kappa shape index (κ1) is 23.8. The minimum absolute atomic E-state index is 0.162. The molecule has 0 aliphatic carbocycles. The molecule has 2 aliphatic rings. The standard InChI is InChI=1S/C28H28N2O6/c31-25-21(28(34)35)16-30-22(23(19-7-3-1-4-8-19)20-9-5-2-6-10-20)17-29(27(33)24(30)26(25)32)15-18-11-13-36-14-12-18/h1-10,16,18,22-23,32H,11-15,17H2,(H,34,35). The summed E-state index contributed by atoms with van der Waals surface area (Å²) >= 11 is 0. The Morgan fingerprint density at radius 1 is 0.972 bits per heavy atom. The summed E-state index contributed by atoms with van der Waals surface area (Å²) in [5.74, 6) is -2.75. The van der Waals surface area contributed by atoms with E-state index in [1.807, 2.05) is 60.7 Å². The third-order valence-corrected chi connectivity index (χ3v) is 7.22. The molecule has 2 aromatic carbocycles. The van der Waals surface area contributed by atoms with Crippen molar-refractivity contribution >= 4 is 11.9 Å². The van der Waals surface area contributed by atoms with Crippen LogP contribution >= 0.6 is 0 Å². The second-order valence-electron chi connectivity index (χ2n) is 9.41. The molecule has 2 N–H and O–H groups in total. The normalized spacial score (nSPS) is 18.3. The zero-order valence-electron chi connectivity index (χ0n) is 19.7. The Kier molecular flexibility index (Phi) is 6.61. The van der Waals surface area contributed by atoms with E-state index in [0.29, 0.717) is 26.3 Å². The number of aromatic carboxylic acids is 1. The summed E-state index contributed by atoms with van der Waals surface area (Å²) in [7, 11) is 0. The van der Waals surface area contributed by atoms with Crippen molar-refractivity contribution in [3.05, 3.63) is 99.5 Å². The maximum absolute atomic E-state index is 13.6. The van der Waals surface area contributed by atoms with Gasteiger partial charge in [-0.1, -0.05) is 60.7 Å². The lowest BCUT2D eigenvalue weighted by molar-refractivity contribution is 0.0384. The van der Waals surface area contributed by atoms with Gasteiger partial charge in [0.05, 0.1) is 6.04 Å². The maximum atomic E-state index is 13.6.